The molecule has 0 unspecified atom stereocenters. The molecule has 10 heteroatoms. The first-order chi connectivity index (χ1) is 15.8. The van der Waals surface area contributed by atoms with Crippen molar-refractivity contribution >= 4 is 5.91 Å². The third kappa shape index (κ3) is 5.38. The van der Waals surface area contributed by atoms with E-state index in [2.05, 4.69) is 27.4 Å². The monoisotopic (exact) mass is 459 g/mol. The lowest BCUT2D eigenvalue weighted by molar-refractivity contribution is -0.137. The molecule has 0 aliphatic heterocycles. The fourth-order valence-electron chi connectivity index (χ4n) is 3.01. The normalized spacial score (nSPS) is 10.7. The maximum Gasteiger partial charge on any atom is 0.417 e. The molecular formula is C23H20F3N3O4. The number of aromatic amines is 1. The number of carbonyl (C=O) groups is 1. The highest BCUT2D eigenvalue weighted by Crippen LogP contribution is 2.40. The molecule has 33 heavy (non-hydrogen) atoms. The number of carbonyl (C=O) groups excluding carboxylic acids is 1. The molecule has 0 fully saturated rings. The summed E-state index contributed by atoms with van der Waals surface area (Å²) in [7, 11) is 4.46. The highest BCUT2D eigenvalue weighted by atomic mass is 19.4. The second-order valence-corrected chi connectivity index (χ2v) is 6.61. The number of methoxy groups -OCH3 is 3. The van der Waals surface area contributed by atoms with Crippen molar-refractivity contribution in [1.82, 2.24) is 15.5 Å². The summed E-state index contributed by atoms with van der Waals surface area (Å²) in [5.41, 5.74) is 0.224. The average molecular weight is 459 g/mol. The summed E-state index contributed by atoms with van der Waals surface area (Å²) in [6.45, 7) is -0.149. The molecule has 0 atom stereocenters. The molecule has 1 aromatic heterocycles. The summed E-state index contributed by atoms with van der Waals surface area (Å²) in [4.78, 5) is 12.4. The van der Waals surface area contributed by atoms with Crippen LogP contribution in [0.2, 0.25) is 0 Å². The summed E-state index contributed by atoms with van der Waals surface area (Å²) >= 11 is 0. The van der Waals surface area contributed by atoms with E-state index in [1.165, 1.54) is 45.6 Å². The first-order valence-corrected chi connectivity index (χ1v) is 9.57. The molecular weight excluding hydrogens is 439 g/mol. The zero-order valence-corrected chi connectivity index (χ0v) is 18.0. The SMILES string of the molecule is COc1cc(-c2cc(C(=O)NCC#Cc3ccccc3C(F)(F)F)[nH]n2)cc(OC)c1OC. The number of ether oxygens (including phenoxy) is 3. The van der Waals surface area contributed by atoms with Crippen LogP contribution in [0.1, 0.15) is 21.6 Å². The van der Waals surface area contributed by atoms with E-state index < -0.39 is 17.6 Å². The second kappa shape index (κ2) is 9.99. The lowest BCUT2D eigenvalue weighted by Gasteiger charge is -2.13. The van der Waals surface area contributed by atoms with Crippen LogP contribution in [0.25, 0.3) is 11.3 Å². The Morgan fingerprint density at radius 3 is 2.33 bits per heavy atom. The van der Waals surface area contributed by atoms with Gasteiger partial charge in [0.1, 0.15) is 5.69 Å². The average Bonchev–Trinajstić information content (AvgIpc) is 3.30. The summed E-state index contributed by atoms with van der Waals surface area (Å²) in [5.74, 6) is 5.73. The third-order valence-corrected chi connectivity index (χ3v) is 4.58. The van der Waals surface area contributed by atoms with Gasteiger partial charge in [-0.3, -0.25) is 9.89 Å². The fourth-order valence-corrected chi connectivity index (χ4v) is 3.01. The van der Waals surface area contributed by atoms with Gasteiger partial charge >= 0.3 is 6.18 Å². The predicted octanol–water partition coefficient (Wildman–Crippen LogP) is 3.90. The summed E-state index contributed by atoms with van der Waals surface area (Å²) in [5, 5.41) is 9.27. The Morgan fingerprint density at radius 1 is 1.06 bits per heavy atom. The van der Waals surface area contributed by atoms with Crippen molar-refractivity contribution in [3.63, 3.8) is 0 Å². The van der Waals surface area contributed by atoms with Gasteiger partial charge in [-0.2, -0.15) is 18.3 Å². The van der Waals surface area contributed by atoms with Crippen LogP contribution in [-0.4, -0.2) is 44.0 Å². The highest BCUT2D eigenvalue weighted by Gasteiger charge is 2.32. The molecule has 0 bridgehead atoms. The number of aromatic nitrogens is 2. The van der Waals surface area contributed by atoms with Crippen LogP contribution in [0, 0.1) is 11.8 Å². The van der Waals surface area contributed by atoms with E-state index in [9.17, 15) is 18.0 Å². The van der Waals surface area contributed by atoms with E-state index >= 15 is 0 Å². The number of halogens is 3. The van der Waals surface area contributed by atoms with Gasteiger partial charge in [-0.1, -0.05) is 24.0 Å². The van der Waals surface area contributed by atoms with Gasteiger partial charge in [-0.25, -0.2) is 0 Å². The number of nitrogens with zero attached hydrogens (tertiary/aromatic N) is 1. The Bertz CT molecular complexity index is 1180. The number of hydrogen-bond donors (Lipinski definition) is 2. The van der Waals surface area contributed by atoms with Crippen molar-refractivity contribution in [2.75, 3.05) is 27.9 Å². The Kier molecular flexibility index (Phi) is 7.13. The third-order valence-electron chi connectivity index (χ3n) is 4.58. The van der Waals surface area contributed by atoms with Gasteiger partial charge in [0.15, 0.2) is 11.5 Å². The molecule has 0 radical (unpaired) electrons. The molecule has 0 spiro atoms. The van der Waals surface area contributed by atoms with Crippen LogP contribution in [0.3, 0.4) is 0 Å². The number of hydrogen-bond acceptors (Lipinski definition) is 5. The number of alkyl halides is 3. The summed E-state index contributed by atoms with van der Waals surface area (Å²) in [6.07, 6.45) is -4.51. The van der Waals surface area contributed by atoms with E-state index in [1.807, 2.05) is 0 Å². The molecule has 172 valence electrons. The number of benzene rings is 2. The molecule has 2 N–H and O–H groups in total. The van der Waals surface area contributed by atoms with Crippen LogP contribution in [-0.2, 0) is 6.18 Å². The quantitative estimate of drug-likeness (QED) is 0.546. The van der Waals surface area contributed by atoms with Crippen molar-refractivity contribution in [2.45, 2.75) is 6.18 Å². The van der Waals surface area contributed by atoms with Crippen LogP contribution in [0.4, 0.5) is 13.2 Å². The fraction of sp³-hybridized carbons (Fsp3) is 0.217. The van der Waals surface area contributed by atoms with Gasteiger partial charge in [0, 0.05) is 11.1 Å². The zero-order valence-electron chi connectivity index (χ0n) is 18.0. The minimum Gasteiger partial charge on any atom is -0.493 e. The number of amides is 1. The lowest BCUT2D eigenvalue weighted by Crippen LogP contribution is -2.23. The number of rotatable bonds is 6. The standard InChI is InChI=1S/C23H20F3N3O4/c1-31-19-11-15(12-20(32-2)21(19)33-3)17-13-18(29-28-17)22(30)27-10-6-8-14-7-4-5-9-16(14)23(24,25)26/h4-5,7,9,11-13H,10H2,1-3H3,(H,27,30)(H,28,29). The van der Waals surface area contributed by atoms with Gasteiger partial charge in [0.05, 0.1) is 39.1 Å². The molecule has 1 heterocycles. The Hall–Kier alpha value is -4.13. The molecule has 2 aromatic carbocycles. The van der Waals surface area contributed by atoms with Crippen molar-refractivity contribution in [1.29, 1.82) is 0 Å². The molecule has 0 aliphatic carbocycles. The number of nitrogens with one attached hydrogen (secondary N) is 2. The molecule has 0 saturated heterocycles. The first-order valence-electron chi connectivity index (χ1n) is 9.57. The summed E-state index contributed by atoms with van der Waals surface area (Å²) < 4.78 is 55.0. The zero-order chi connectivity index (χ0) is 24.0. The van der Waals surface area contributed by atoms with Crippen LogP contribution in [0.5, 0.6) is 17.2 Å². The van der Waals surface area contributed by atoms with Gasteiger partial charge < -0.3 is 19.5 Å². The topological polar surface area (TPSA) is 85.5 Å². The van der Waals surface area contributed by atoms with E-state index in [-0.39, 0.29) is 17.8 Å². The van der Waals surface area contributed by atoms with Gasteiger partial charge in [0.2, 0.25) is 5.75 Å². The van der Waals surface area contributed by atoms with Crippen LogP contribution in [0.15, 0.2) is 42.5 Å². The minimum absolute atomic E-state index is 0.149. The van der Waals surface area contributed by atoms with Crippen LogP contribution < -0.4 is 19.5 Å². The minimum atomic E-state index is -4.51. The maximum atomic E-state index is 13.0. The van der Waals surface area contributed by atoms with E-state index in [4.69, 9.17) is 14.2 Å². The molecule has 7 nitrogen and oxygen atoms in total. The smallest absolute Gasteiger partial charge is 0.417 e. The molecule has 0 aliphatic rings. The van der Waals surface area contributed by atoms with Crippen molar-refractivity contribution in [3.05, 3.63) is 59.3 Å². The Morgan fingerprint density at radius 2 is 1.73 bits per heavy atom. The van der Waals surface area contributed by atoms with Gasteiger partial charge in [0.25, 0.3) is 5.91 Å². The van der Waals surface area contributed by atoms with Crippen molar-refractivity contribution < 1.29 is 32.2 Å². The van der Waals surface area contributed by atoms with E-state index in [0.29, 0.717) is 28.5 Å². The van der Waals surface area contributed by atoms with Crippen molar-refractivity contribution in [2.24, 2.45) is 0 Å². The molecule has 3 aromatic rings. The Balaban J connectivity index is 1.72. The molecule has 0 saturated carbocycles. The Labute approximate surface area is 187 Å². The molecule has 1 amide bonds. The highest BCUT2D eigenvalue weighted by molar-refractivity contribution is 5.93. The summed E-state index contributed by atoms with van der Waals surface area (Å²) in [6, 6.07) is 9.87. The van der Waals surface area contributed by atoms with Crippen molar-refractivity contribution in [3.8, 4) is 40.3 Å². The largest absolute Gasteiger partial charge is 0.493 e. The number of H-pyrrole nitrogens is 1. The van der Waals surface area contributed by atoms with Gasteiger partial charge in [-0.15, -0.1) is 0 Å². The second-order valence-electron chi connectivity index (χ2n) is 6.61. The first kappa shape index (κ1) is 23.5. The molecule has 3 rings (SSSR count). The lowest BCUT2D eigenvalue weighted by atomic mass is 10.1. The predicted molar refractivity (Wildman–Crippen MR) is 114 cm³/mol. The maximum absolute atomic E-state index is 13.0. The van der Waals surface area contributed by atoms with E-state index in [1.54, 1.807) is 12.1 Å². The van der Waals surface area contributed by atoms with Crippen LogP contribution >= 0.6 is 0 Å². The van der Waals surface area contributed by atoms with E-state index in [0.717, 1.165) is 6.07 Å². The van der Waals surface area contributed by atoms with Gasteiger partial charge in [-0.05, 0) is 30.3 Å².